The van der Waals surface area contributed by atoms with Crippen LogP contribution in [0.25, 0.3) is 0 Å². The van der Waals surface area contributed by atoms with Crippen molar-refractivity contribution in [2.24, 2.45) is 0 Å². The summed E-state index contributed by atoms with van der Waals surface area (Å²) >= 11 is 0. The Labute approximate surface area is 144 Å². The number of phenolic OH excluding ortho intramolecular Hbond substituents is 1. The molecule has 1 N–H and O–H groups in total. The van der Waals surface area contributed by atoms with Crippen molar-refractivity contribution in [3.05, 3.63) is 42.0 Å². The number of benzene rings is 1. The summed E-state index contributed by atoms with van der Waals surface area (Å²) in [7, 11) is -1.06. The molecule has 3 rings (SSSR count). The van der Waals surface area contributed by atoms with E-state index in [1.807, 2.05) is 16.8 Å². The number of phenols is 1. The van der Waals surface area contributed by atoms with Crippen molar-refractivity contribution >= 4 is 8.07 Å². The second-order valence-corrected chi connectivity index (χ2v) is 13.2. The lowest BCUT2D eigenvalue weighted by molar-refractivity contribution is 0.0754. The van der Waals surface area contributed by atoms with E-state index in [-0.39, 0.29) is 11.9 Å². The molecule has 1 aromatic heterocycles. The summed E-state index contributed by atoms with van der Waals surface area (Å²) in [6, 6.07) is 6.42. The molecule has 1 unspecified atom stereocenters. The first kappa shape index (κ1) is 17.0. The number of aryl methyl sites for hydroxylation is 1. The molecule has 1 atom stereocenters. The standard InChI is InChI=1S/C18H26N2O3Si/c1-24(2,3)11-10-22-13-20-9-8-19-18(20)17-6-4-14-12-15(21)5-7-16(14)23-17/h5,7-9,12,17,21H,4,6,10-11,13H2,1-3H3. The van der Waals surface area contributed by atoms with E-state index in [0.717, 1.165) is 42.6 Å². The van der Waals surface area contributed by atoms with Gasteiger partial charge < -0.3 is 19.1 Å². The SMILES string of the molecule is C[Si](C)(C)CCOCn1ccnc1C1CCc2cc(O)ccc2O1. The molecule has 0 saturated heterocycles. The van der Waals surface area contributed by atoms with Gasteiger partial charge in [0.15, 0.2) is 11.9 Å². The Balaban J connectivity index is 1.62. The van der Waals surface area contributed by atoms with E-state index in [9.17, 15) is 5.11 Å². The van der Waals surface area contributed by atoms with Crippen LogP contribution in [0.1, 0.15) is 23.9 Å². The lowest BCUT2D eigenvalue weighted by Crippen LogP contribution is -2.23. The Morgan fingerprint density at radius 2 is 2.21 bits per heavy atom. The molecule has 0 aliphatic carbocycles. The average molecular weight is 347 g/mol. The summed E-state index contributed by atoms with van der Waals surface area (Å²) < 4.78 is 14.0. The van der Waals surface area contributed by atoms with Crippen molar-refractivity contribution in [2.75, 3.05) is 6.61 Å². The molecular weight excluding hydrogens is 320 g/mol. The molecule has 1 aliphatic rings. The lowest BCUT2D eigenvalue weighted by Gasteiger charge is -2.26. The van der Waals surface area contributed by atoms with Gasteiger partial charge in [0.1, 0.15) is 18.2 Å². The Bertz CT molecular complexity index is 694. The van der Waals surface area contributed by atoms with E-state index in [2.05, 4.69) is 24.6 Å². The predicted octanol–water partition coefficient (Wildman–Crippen LogP) is 3.97. The molecule has 0 spiro atoms. The zero-order valence-corrected chi connectivity index (χ0v) is 15.7. The quantitative estimate of drug-likeness (QED) is 0.635. The Morgan fingerprint density at radius 1 is 1.38 bits per heavy atom. The van der Waals surface area contributed by atoms with Gasteiger partial charge in [0.25, 0.3) is 0 Å². The highest BCUT2D eigenvalue weighted by Gasteiger charge is 2.25. The number of fused-ring (bicyclic) bond motifs is 1. The van der Waals surface area contributed by atoms with Gasteiger partial charge in [0.2, 0.25) is 0 Å². The van der Waals surface area contributed by atoms with Gasteiger partial charge in [-0.2, -0.15) is 0 Å². The fourth-order valence-electron chi connectivity index (χ4n) is 2.82. The molecule has 0 fully saturated rings. The van der Waals surface area contributed by atoms with Crippen molar-refractivity contribution in [1.29, 1.82) is 0 Å². The summed E-state index contributed by atoms with van der Waals surface area (Å²) in [4.78, 5) is 4.48. The second kappa shape index (κ2) is 6.99. The van der Waals surface area contributed by atoms with Crippen LogP contribution in [0.3, 0.4) is 0 Å². The lowest BCUT2D eigenvalue weighted by atomic mass is 10.0. The van der Waals surface area contributed by atoms with Gasteiger partial charge in [0, 0.05) is 27.1 Å². The number of hydrogen-bond donors (Lipinski definition) is 1. The van der Waals surface area contributed by atoms with Crippen molar-refractivity contribution in [2.45, 2.75) is 51.4 Å². The van der Waals surface area contributed by atoms with Gasteiger partial charge in [-0.3, -0.25) is 0 Å². The van der Waals surface area contributed by atoms with E-state index >= 15 is 0 Å². The van der Waals surface area contributed by atoms with Crippen molar-refractivity contribution < 1.29 is 14.6 Å². The molecule has 6 heteroatoms. The number of ether oxygens (including phenoxy) is 2. The molecule has 0 bridgehead atoms. The topological polar surface area (TPSA) is 56.5 Å². The van der Waals surface area contributed by atoms with Crippen LogP contribution in [0.2, 0.25) is 25.7 Å². The molecule has 0 amide bonds. The zero-order chi connectivity index (χ0) is 17.2. The number of nitrogens with zero attached hydrogens (tertiary/aromatic N) is 2. The van der Waals surface area contributed by atoms with Gasteiger partial charge >= 0.3 is 0 Å². The molecule has 1 aromatic carbocycles. The molecule has 1 aliphatic heterocycles. The zero-order valence-electron chi connectivity index (χ0n) is 14.7. The Hall–Kier alpha value is -1.79. The van der Waals surface area contributed by atoms with Crippen LogP contribution in [-0.2, 0) is 17.9 Å². The first-order valence-corrected chi connectivity index (χ1v) is 12.2. The number of aromatic nitrogens is 2. The van der Waals surface area contributed by atoms with E-state index in [4.69, 9.17) is 9.47 Å². The van der Waals surface area contributed by atoms with Gasteiger partial charge in [-0.15, -0.1) is 0 Å². The van der Waals surface area contributed by atoms with E-state index < -0.39 is 8.07 Å². The number of hydrogen-bond acceptors (Lipinski definition) is 4. The molecule has 130 valence electrons. The normalized spacial score (nSPS) is 17.4. The summed E-state index contributed by atoms with van der Waals surface area (Å²) in [5.41, 5.74) is 1.05. The van der Waals surface area contributed by atoms with Crippen LogP contribution in [0.4, 0.5) is 0 Å². The molecule has 0 radical (unpaired) electrons. The molecule has 0 saturated carbocycles. The fourth-order valence-corrected chi connectivity index (χ4v) is 3.57. The highest BCUT2D eigenvalue weighted by atomic mass is 28.3. The highest BCUT2D eigenvalue weighted by Crippen LogP contribution is 2.35. The van der Waals surface area contributed by atoms with Crippen molar-refractivity contribution in [3.8, 4) is 11.5 Å². The minimum absolute atomic E-state index is 0.0716. The van der Waals surface area contributed by atoms with Gasteiger partial charge in [-0.1, -0.05) is 19.6 Å². The van der Waals surface area contributed by atoms with Crippen molar-refractivity contribution in [1.82, 2.24) is 9.55 Å². The number of imidazole rings is 1. The first-order valence-electron chi connectivity index (χ1n) is 8.50. The van der Waals surface area contributed by atoms with E-state index in [1.54, 1.807) is 18.3 Å². The monoisotopic (exact) mass is 346 g/mol. The van der Waals surface area contributed by atoms with E-state index in [1.165, 1.54) is 0 Å². The van der Waals surface area contributed by atoms with Gasteiger partial charge in [0.05, 0.1) is 0 Å². The van der Waals surface area contributed by atoms with E-state index in [0.29, 0.717) is 6.73 Å². The molecular formula is C18H26N2O3Si. The minimum atomic E-state index is -1.06. The second-order valence-electron chi connectivity index (χ2n) is 7.54. The fraction of sp³-hybridized carbons (Fsp3) is 0.500. The highest BCUT2D eigenvalue weighted by molar-refractivity contribution is 6.76. The summed E-state index contributed by atoms with van der Waals surface area (Å²) in [5, 5.41) is 9.57. The molecule has 5 nitrogen and oxygen atoms in total. The molecule has 24 heavy (non-hydrogen) atoms. The maximum atomic E-state index is 9.57. The molecule has 2 heterocycles. The number of rotatable bonds is 6. The summed E-state index contributed by atoms with van der Waals surface area (Å²) in [5.74, 6) is 2.02. The van der Waals surface area contributed by atoms with Crippen LogP contribution < -0.4 is 4.74 Å². The Kier molecular flexibility index (Phi) is 4.96. The van der Waals surface area contributed by atoms with Gasteiger partial charge in [-0.05, 0) is 42.6 Å². The minimum Gasteiger partial charge on any atom is -0.508 e. The Morgan fingerprint density at radius 3 is 3.00 bits per heavy atom. The summed E-state index contributed by atoms with van der Waals surface area (Å²) in [6.07, 6.45) is 5.39. The smallest absolute Gasteiger partial charge is 0.157 e. The van der Waals surface area contributed by atoms with Crippen LogP contribution in [0.15, 0.2) is 30.6 Å². The summed E-state index contributed by atoms with van der Waals surface area (Å²) in [6.45, 7) is 8.36. The third kappa shape index (κ3) is 4.18. The van der Waals surface area contributed by atoms with Crippen LogP contribution in [-0.4, -0.2) is 29.3 Å². The van der Waals surface area contributed by atoms with Crippen molar-refractivity contribution in [3.63, 3.8) is 0 Å². The van der Waals surface area contributed by atoms with Gasteiger partial charge in [-0.25, -0.2) is 4.98 Å². The maximum Gasteiger partial charge on any atom is 0.157 e. The average Bonchev–Trinajstić information content (AvgIpc) is 2.98. The van der Waals surface area contributed by atoms with Crippen LogP contribution in [0.5, 0.6) is 11.5 Å². The third-order valence-electron chi connectivity index (χ3n) is 4.25. The number of aromatic hydroxyl groups is 1. The predicted molar refractivity (Wildman–Crippen MR) is 96.1 cm³/mol. The maximum absolute atomic E-state index is 9.57. The third-order valence-corrected chi connectivity index (χ3v) is 5.96. The first-order chi connectivity index (χ1) is 11.4. The van der Waals surface area contributed by atoms with Crippen LogP contribution >= 0.6 is 0 Å². The van der Waals surface area contributed by atoms with Crippen LogP contribution in [0, 0.1) is 0 Å². The largest absolute Gasteiger partial charge is 0.508 e. The molecule has 2 aromatic rings.